The fraction of sp³-hybridized carbons (Fsp3) is 0.692. The third-order valence-electron chi connectivity index (χ3n) is 5.64. The molecule has 5 N–H and O–H groups in total. The van der Waals surface area contributed by atoms with Crippen LogP contribution in [0.4, 0.5) is 0 Å². The number of rotatable bonds is 8. The quantitative estimate of drug-likeness (QED) is 0.117. The van der Waals surface area contributed by atoms with Gasteiger partial charge in [0, 0.05) is 65.5 Å². The first-order chi connectivity index (χ1) is 29.0. The molecule has 388 valence electrons. The molecule has 0 saturated carbocycles. The number of nitrogens with one attached hydrogen (secondary N) is 5. The number of hydrogen-bond donors (Lipinski definition) is 5. The van der Waals surface area contributed by atoms with E-state index in [2.05, 4.69) is 46.3 Å². The third kappa shape index (κ3) is 90.2. The van der Waals surface area contributed by atoms with Gasteiger partial charge in [-0.15, -0.1) is 0 Å². The Morgan fingerprint density at radius 2 is 0.879 bits per heavy atom. The van der Waals surface area contributed by atoms with Gasteiger partial charge in [-0.25, -0.2) is 4.79 Å². The second kappa shape index (κ2) is 36.5. The Morgan fingerprint density at radius 3 is 1.05 bits per heavy atom. The molecule has 14 nitrogen and oxygen atoms in total. The lowest BCUT2D eigenvalue weighted by molar-refractivity contribution is -0.148. The Hall–Kier alpha value is -4.56. The van der Waals surface area contributed by atoms with Crippen LogP contribution in [0.25, 0.3) is 0 Å². The highest BCUT2D eigenvalue weighted by Crippen LogP contribution is 2.07. The number of hydrogen-bond acceptors (Lipinski definition) is 9. The van der Waals surface area contributed by atoms with Crippen molar-refractivity contribution in [3.63, 3.8) is 0 Å². The predicted octanol–water partition coefficient (Wildman–Crippen LogP) is 9.32. The van der Waals surface area contributed by atoms with Gasteiger partial charge in [-0.1, -0.05) is 38.8 Å². The van der Waals surface area contributed by atoms with E-state index in [0.29, 0.717) is 12.0 Å². The highest BCUT2D eigenvalue weighted by atomic mass is 16.6. The molecule has 0 rings (SSSR count). The van der Waals surface area contributed by atoms with E-state index in [1.54, 1.807) is 26.2 Å². The number of ether oxygens (including phenoxy) is 2. The van der Waals surface area contributed by atoms with Gasteiger partial charge >= 0.3 is 5.97 Å². The number of nitrogens with zero attached hydrogens (tertiary/aromatic N) is 1. The van der Waals surface area contributed by atoms with Crippen LogP contribution in [0.15, 0.2) is 61.8 Å². The van der Waals surface area contributed by atoms with Crippen molar-refractivity contribution in [3.8, 4) is 0 Å². The second-order valence-electron chi connectivity index (χ2n) is 22.3. The van der Waals surface area contributed by atoms with Gasteiger partial charge in [-0.05, 0) is 185 Å². The molecule has 0 aromatic carbocycles. The van der Waals surface area contributed by atoms with E-state index < -0.39 is 5.60 Å². The van der Waals surface area contributed by atoms with Crippen molar-refractivity contribution in [2.45, 2.75) is 211 Å². The average Bonchev–Trinajstić information content (AvgIpc) is 3.05. The Labute approximate surface area is 405 Å². The van der Waals surface area contributed by atoms with Crippen molar-refractivity contribution in [1.82, 2.24) is 31.5 Å². The van der Waals surface area contributed by atoms with Crippen LogP contribution < -0.4 is 26.6 Å². The summed E-state index contributed by atoms with van der Waals surface area (Å²) in [6.07, 6.45) is 9.66. The molecule has 0 radical (unpaired) electrons. The molecule has 14 heteroatoms. The summed E-state index contributed by atoms with van der Waals surface area (Å²) in [5.74, 6) is -0.524. The van der Waals surface area contributed by atoms with Gasteiger partial charge in [0.2, 0.25) is 29.5 Å². The monoisotopic (exact) mass is 939 g/mol. The van der Waals surface area contributed by atoms with E-state index in [0.717, 1.165) is 12.6 Å². The van der Waals surface area contributed by atoms with Crippen LogP contribution in [0.2, 0.25) is 0 Å². The van der Waals surface area contributed by atoms with E-state index in [1.165, 1.54) is 12.2 Å². The van der Waals surface area contributed by atoms with E-state index in [4.69, 9.17) is 9.47 Å². The fourth-order valence-electron chi connectivity index (χ4n) is 3.06. The van der Waals surface area contributed by atoms with Crippen LogP contribution in [0, 0.1) is 0 Å². The lowest BCUT2D eigenvalue weighted by Gasteiger charge is -2.20. The minimum Gasteiger partial charge on any atom is -0.457 e. The number of likely N-dealkylation sites (N-methyl/N-ethyl adjacent to an activating group) is 1. The van der Waals surface area contributed by atoms with Gasteiger partial charge in [0.05, 0.1) is 5.60 Å². The van der Waals surface area contributed by atoms with Crippen molar-refractivity contribution in [2.75, 3.05) is 27.7 Å². The minimum absolute atomic E-state index is 0.0324. The van der Waals surface area contributed by atoms with Crippen molar-refractivity contribution < 1.29 is 38.2 Å². The number of amides is 5. The summed E-state index contributed by atoms with van der Waals surface area (Å²) >= 11 is 0. The Balaban J connectivity index is -0.000000124. The highest BCUT2D eigenvalue weighted by molar-refractivity contribution is 5.92. The number of carbonyl (C=O) groups is 6. The molecule has 0 aliphatic heterocycles. The van der Waals surface area contributed by atoms with Crippen molar-refractivity contribution in [3.05, 3.63) is 61.8 Å². The molecule has 0 aliphatic rings. The van der Waals surface area contributed by atoms with Crippen LogP contribution in [0.5, 0.6) is 0 Å². The van der Waals surface area contributed by atoms with Gasteiger partial charge in [0.1, 0.15) is 5.60 Å². The van der Waals surface area contributed by atoms with Crippen LogP contribution in [-0.4, -0.2) is 107 Å². The van der Waals surface area contributed by atoms with Crippen molar-refractivity contribution in [1.29, 1.82) is 0 Å². The molecule has 0 aliphatic carbocycles. The zero-order valence-electron chi connectivity index (χ0n) is 47.2. The Kier molecular flexibility index (Phi) is 41.9. The molecule has 0 bridgehead atoms. The Morgan fingerprint density at radius 1 is 0.545 bits per heavy atom. The summed E-state index contributed by atoms with van der Waals surface area (Å²) in [5, 5.41) is 14.0. The van der Waals surface area contributed by atoms with Crippen LogP contribution in [0.3, 0.4) is 0 Å². The van der Waals surface area contributed by atoms with E-state index in [9.17, 15) is 28.8 Å². The molecule has 0 spiro atoms. The topological polar surface area (TPSA) is 184 Å². The van der Waals surface area contributed by atoms with Gasteiger partial charge in [0.25, 0.3) is 0 Å². The Bertz CT molecular complexity index is 1450. The van der Waals surface area contributed by atoms with Gasteiger partial charge in [0.15, 0.2) is 0 Å². The molecular weight excluding hydrogens is 837 g/mol. The van der Waals surface area contributed by atoms with E-state index >= 15 is 0 Å². The molecule has 0 saturated heterocycles. The zero-order chi connectivity index (χ0) is 54.7. The molecule has 0 heterocycles. The normalized spacial score (nSPS) is 11.4. The molecule has 0 unspecified atom stereocenters. The lowest BCUT2D eigenvalue weighted by Crippen LogP contribution is -2.40. The molecule has 0 aromatic rings. The second-order valence-corrected chi connectivity index (χ2v) is 22.3. The van der Waals surface area contributed by atoms with Crippen LogP contribution in [0.1, 0.15) is 173 Å². The standard InChI is InChI=1S/C10H20N2O.2C8H15NO.C7H15NO.C7H13NO.C7H12O2.C5H12O/c1-10(2,3)11-9(13)7-6-8-12(4)5;1-6(2)7(10)9-8(3,4)5;1-5-6-7(10)9-8(2,3)4;2*1-5-6(9)8-7(2,3)4;1-5-6(8)9-7(2,3)4;1-5(2,3)6-4/h6-7H,8H2,1-5H3,(H,11,13);1H2,2-5H3,(H,9,10);5-6H,1-4H3,(H,9,10);5H2,1-4H3,(H,8,9);5H,1H2,2-4H3,(H,8,9);5H,1H2,2-4H3;1-4H3/b7-6+;;6-5+;;;;. The summed E-state index contributed by atoms with van der Waals surface area (Å²) in [7, 11) is 5.64. The first-order valence-electron chi connectivity index (χ1n) is 22.2. The third-order valence-corrected chi connectivity index (χ3v) is 5.64. The lowest BCUT2D eigenvalue weighted by atomic mass is 10.1. The van der Waals surface area contributed by atoms with Gasteiger partial charge < -0.3 is 41.0 Å². The maximum absolute atomic E-state index is 11.2. The molecule has 66 heavy (non-hydrogen) atoms. The van der Waals surface area contributed by atoms with Crippen LogP contribution in [-0.2, 0) is 38.2 Å². The summed E-state index contributed by atoms with van der Waals surface area (Å²) in [4.78, 5) is 66.8. The van der Waals surface area contributed by atoms with Crippen molar-refractivity contribution in [2.24, 2.45) is 0 Å². The van der Waals surface area contributed by atoms with Gasteiger partial charge in [-0.3, -0.25) is 24.0 Å². The molecule has 0 aromatic heterocycles. The first-order valence-corrected chi connectivity index (χ1v) is 22.2. The molecule has 0 atom stereocenters. The summed E-state index contributed by atoms with van der Waals surface area (Å²) in [6.45, 7) is 57.0. The minimum atomic E-state index is -0.398. The molecular formula is C52H102N6O8. The summed E-state index contributed by atoms with van der Waals surface area (Å²) in [5.41, 5.74) is -0.467. The van der Waals surface area contributed by atoms with Gasteiger partial charge in [-0.2, -0.15) is 0 Å². The number of methoxy groups -OCH3 is 1. The zero-order valence-corrected chi connectivity index (χ0v) is 47.2. The number of allylic oxidation sites excluding steroid dienone is 1. The van der Waals surface area contributed by atoms with Crippen LogP contribution >= 0.6 is 0 Å². The summed E-state index contributed by atoms with van der Waals surface area (Å²) in [6, 6.07) is 0. The summed E-state index contributed by atoms with van der Waals surface area (Å²) < 4.78 is 9.77. The van der Waals surface area contributed by atoms with E-state index in [1.807, 2.05) is 184 Å². The average molecular weight is 939 g/mol. The first kappa shape index (κ1) is 75.7. The highest BCUT2D eigenvalue weighted by Gasteiger charge is 2.15. The maximum atomic E-state index is 11.2. The largest absolute Gasteiger partial charge is 0.457 e. The van der Waals surface area contributed by atoms with E-state index in [-0.39, 0.29) is 68.8 Å². The van der Waals surface area contributed by atoms with Crippen molar-refractivity contribution >= 4 is 35.5 Å². The maximum Gasteiger partial charge on any atom is 0.330 e. The number of carbonyl (C=O) groups excluding carboxylic acids is 6. The molecule has 0 fully saturated rings. The number of esters is 1. The predicted molar refractivity (Wildman–Crippen MR) is 280 cm³/mol. The smallest absolute Gasteiger partial charge is 0.330 e. The SMILES string of the molecule is C/C=C/C(=O)NC(C)(C)C.C=C(C)C(=O)NC(C)(C)C.C=CC(=O)NC(C)(C)C.C=CC(=O)OC(C)(C)C.CCC(=O)NC(C)(C)C.CN(C)C/C=C/C(=O)NC(C)(C)C.COC(C)(C)C. The fourth-order valence-corrected chi connectivity index (χ4v) is 3.06. The molecule has 5 amide bonds.